The van der Waals surface area contributed by atoms with Gasteiger partial charge in [-0.25, -0.2) is 0 Å². The first-order valence-corrected chi connectivity index (χ1v) is 12.0. The maximum atomic E-state index is 12.6. The number of carbonyl (C=O) groups is 2. The number of hydrogen-bond acceptors (Lipinski definition) is 4. The molecular weight excluding hydrogens is 438 g/mol. The first kappa shape index (κ1) is 23.3. The lowest BCUT2D eigenvalue weighted by atomic mass is 10.00. The average molecular weight is 468 g/mol. The van der Waals surface area contributed by atoms with Crippen molar-refractivity contribution in [3.63, 3.8) is 0 Å². The predicted molar refractivity (Wildman–Crippen MR) is 132 cm³/mol. The highest BCUT2D eigenvalue weighted by Crippen LogP contribution is 2.33. The normalized spacial score (nSPS) is 19.5. The van der Waals surface area contributed by atoms with Gasteiger partial charge in [0.15, 0.2) is 11.5 Å². The van der Waals surface area contributed by atoms with Crippen molar-refractivity contribution in [3.8, 4) is 5.75 Å². The van der Waals surface area contributed by atoms with Crippen LogP contribution in [0.5, 0.6) is 5.75 Å². The monoisotopic (exact) mass is 467 g/mol. The highest BCUT2D eigenvalue weighted by Gasteiger charge is 2.24. The lowest BCUT2D eigenvalue weighted by molar-refractivity contribution is -0.115. The third kappa shape index (κ3) is 5.75. The summed E-state index contributed by atoms with van der Waals surface area (Å²) in [5, 5.41) is 6.33. The third-order valence-electron chi connectivity index (χ3n) is 6.25. The second-order valence-corrected chi connectivity index (χ2v) is 8.91. The molecule has 0 spiro atoms. The Hall–Kier alpha value is -2.83. The van der Waals surface area contributed by atoms with Gasteiger partial charge in [-0.3, -0.25) is 9.59 Å². The summed E-state index contributed by atoms with van der Waals surface area (Å²) in [6.45, 7) is 5.03. The summed E-state index contributed by atoms with van der Waals surface area (Å²) in [5.41, 5.74) is 1.65. The minimum atomic E-state index is -0.382. The molecule has 1 atom stereocenters. The molecule has 174 valence electrons. The number of rotatable bonds is 7. The molecule has 2 aromatic carbocycles. The van der Waals surface area contributed by atoms with E-state index >= 15 is 0 Å². The Bertz CT molecular complexity index is 1050. The van der Waals surface area contributed by atoms with Crippen LogP contribution in [0.1, 0.15) is 54.9 Å². The van der Waals surface area contributed by atoms with Crippen LogP contribution in [0.4, 0.5) is 5.69 Å². The molecule has 2 N–H and O–H groups in total. The SMILES string of the molecule is CCC1CCCCN1CCCNC(=O)c1ccc2c(c1)NC(=O)C(=Cc1ccccc1Cl)O2. The zero-order valence-corrected chi connectivity index (χ0v) is 19.7. The van der Waals surface area contributed by atoms with E-state index in [1.165, 1.54) is 25.7 Å². The molecule has 2 heterocycles. The van der Waals surface area contributed by atoms with Crippen LogP contribution in [0.2, 0.25) is 5.02 Å². The molecule has 0 bridgehead atoms. The van der Waals surface area contributed by atoms with Gasteiger partial charge < -0.3 is 20.3 Å². The van der Waals surface area contributed by atoms with Crippen molar-refractivity contribution in [1.29, 1.82) is 0 Å². The topological polar surface area (TPSA) is 70.7 Å². The molecule has 1 saturated heterocycles. The lowest BCUT2D eigenvalue weighted by Gasteiger charge is -2.35. The van der Waals surface area contributed by atoms with Gasteiger partial charge >= 0.3 is 0 Å². The number of likely N-dealkylation sites (tertiary alicyclic amines) is 1. The fourth-order valence-electron chi connectivity index (χ4n) is 4.44. The molecule has 2 aliphatic heterocycles. The standard InChI is InChI=1S/C26H30ClN3O3/c1-2-20-9-5-6-14-30(20)15-7-13-28-25(31)19-11-12-23-22(16-19)29-26(32)24(33-23)17-18-8-3-4-10-21(18)27/h3-4,8,10-12,16-17,20H,2,5-7,9,13-15H2,1H3,(H,28,31)(H,29,32). The molecule has 2 amide bonds. The Morgan fingerprint density at radius 2 is 2.12 bits per heavy atom. The van der Waals surface area contributed by atoms with Crippen molar-refractivity contribution >= 4 is 35.2 Å². The van der Waals surface area contributed by atoms with E-state index in [9.17, 15) is 9.59 Å². The van der Waals surface area contributed by atoms with Gasteiger partial charge in [-0.2, -0.15) is 0 Å². The zero-order chi connectivity index (χ0) is 23.2. The molecule has 6 nitrogen and oxygen atoms in total. The van der Waals surface area contributed by atoms with Crippen LogP contribution in [0.3, 0.4) is 0 Å². The molecule has 4 rings (SSSR count). The van der Waals surface area contributed by atoms with E-state index in [0.717, 1.165) is 19.5 Å². The summed E-state index contributed by atoms with van der Waals surface area (Å²) in [6, 6.07) is 12.9. The maximum absolute atomic E-state index is 12.6. The first-order chi connectivity index (χ1) is 16.0. The summed E-state index contributed by atoms with van der Waals surface area (Å²) in [5.74, 6) is 0.0955. The smallest absolute Gasteiger partial charge is 0.291 e. The Balaban J connectivity index is 1.34. The largest absolute Gasteiger partial charge is 0.449 e. The van der Waals surface area contributed by atoms with E-state index in [-0.39, 0.29) is 17.6 Å². The number of fused-ring (bicyclic) bond motifs is 1. The van der Waals surface area contributed by atoms with E-state index in [4.69, 9.17) is 16.3 Å². The minimum Gasteiger partial charge on any atom is -0.449 e. The number of hydrogen-bond donors (Lipinski definition) is 2. The molecule has 0 saturated carbocycles. The quantitative estimate of drug-likeness (QED) is 0.439. The van der Waals surface area contributed by atoms with Gasteiger partial charge in [0.1, 0.15) is 0 Å². The van der Waals surface area contributed by atoms with E-state index < -0.39 is 0 Å². The third-order valence-corrected chi connectivity index (χ3v) is 6.60. The number of carbonyl (C=O) groups excluding carboxylic acids is 2. The second kappa shape index (κ2) is 10.9. The highest BCUT2D eigenvalue weighted by atomic mass is 35.5. The number of amides is 2. The molecule has 1 fully saturated rings. The predicted octanol–water partition coefficient (Wildman–Crippen LogP) is 5.10. The van der Waals surface area contributed by atoms with Gasteiger partial charge in [-0.05, 0) is 68.1 Å². The van der Waals surface area contributed by atoms with Gasteiger partial charge in [-0.1, -0.05) is 43.1 Å². The van der Waals surface area contributed by atoms with Crippen molar-refractivity contribution in [1.82, 2.24) is 10.2 Å². The Morgan fingerprint density at radius 3 is 2.94 bits per heavy atom. The van der Waals surface area contributed by atoms with Crippen molar-refractivity contribution in [3.05, 3.63) is 64.4 Å². The molecule has 7 heteroatoms. The molecule has 2 aliphatic rings. The minimum absolute atomic E-state index is 0.149. The van der Waals surface area contributed by atoms with Crippen LogP contribution in [-0.2, 0) is 4.79 Å². The van der Waals surface area contributed by atoms with Crippen molar-refractivity contribution in [2.75, 3.05) is 25.0 Å². The Labute approximate surface area is 199 Å². The van der Waals surface area contributed by atoms with Gasteiger partial charge in [0.05, 0.1) is 5.69 Å². The van der Waals surface area contributed by atoms with E-state index in [1.807, 2.05) is 18.2 Å². The van der Waals surface area contributed by atoms with Crippen LogP contribution in [-0.4, -0.2) is 42.4 Å². The number of benzene rings is 2. The molecule has 2 aromatic rings. The zero-order valence-electron chi connectivity index (χ0n) is 18.9. The summed E-state index contributed by atoms with van der Waals surface area (Å²) in [7, 11) is 0. The van der Waals surface area contributed by atoms with Gasteiger partial charge in [0.25, 0.3) is 11.8 Å². The molecule has 0 radical (unpaired) electrons. The number of anilines is 1. The molecule has 0 aromatic heterocycles. The molecule has 33 heavy (non-hydrogen) atoms. The number of nitrogens with zero attached hydrogens (tertiary/aromatic N) is 1. The first-order valence-electron chi connectivity index (χ1n) is 11.7. The van der Waals surface area contributed by atoms with Gasteiger partial charge in [-0.15, -0.1) is 0 Å². The second-order valence-electron chi connectivity index (χ2n) is 8.50. The summed E-state index contributed by atoms with van der Waals surface area (Å²) in [6.07, 6.45) is 7.57. The van der Waals surface area contributed by atoms with Crippen molar-refractivity contribution < 1.29 is 14.3 Å². The van der Waals surface area contributed by atoms with Crippen LogP contribution in [0.25, 0.3) is 6.08 Å². The Kier molecular flexibility index (Phi) is 7.68. The van der Waals surface area contributed by atoms with Crippen LogP contribution in [0, 0.1) is 0 Å². The van der Waals surface area contributed by atoms with E-state index in [2.05, 4.69) is 22.5 Å². The number of nitrogens with one attached hydrogen (secondary N) is 2. The van der Waals surface area contributed by atoms with Crippen LogP contribution >= 0.6 is 11.6 Å². The number of halogens is 1. The van der Waals surface area contributed by atoms with Crippen molar-refractivity contribution in [2.45, 2.75) is 45.1 Å². The summed E-state index contributed by atoms with van der Waals surface area (Å²) >= 11 is 6.18. The van der Waals surface area contributed by atoms with E-state index in [1.54, 1.807) is 30.3 Å². The van der Waals surface area contributed by atoms with Gasteiger partial charge in [0, 0.05) is 29.7 Å². The summed E-state index contributed by atoms with van der Waals surface area (Å²) < 4.78 is 5.78. The van der Waals surface area contributed by atoms with Gasteiger partial charge in [0.2, 0.25) is 0 Å². The molecular formula is C26H30ClN3O3. The molecule has 0 aliphatic carbocycles. The number of ether oxygens (including phenoxy) is 1. The number of piperidine rings is 1. The maximum Gasteiger partial charge on any atom is 0.291 e. The highest BCUT2D eigenvalue weighted by molar-refractivity contribution is 6.32. The van der Waals surface area contributed by atoms with Crippen LogP contribution in [0.15, 0.2) is 48.2 Å². The fraction of sp³-hybridized carbons (Fsp3) is 0.385. The van der Waals surface area contributed by atoms with E-state index in [0.29, 0.717) is 40.2 Å². The summed E-state index contributed by atoms with van der Waals surface area (Å²) in [4.78, 5) is 27.7. The van der Waals surface area contributed by atoms with Crippen LogP contribution < -0.4 is 15.4 Å². The fourth-order valence-corrected chi connectivity index (χ4v) is 4.63. The Morgan fingerprint density at radius 1 is 1.27 bits per heavy atom. The molecule has 1 unspecified atom stereocenters. The average Bonchev–Trinajstić information content (AvgIpc) is 2.83. The lowest BCUT2D eigenvalue weighted by Crippen LogP contribution is -2.40. The van der Waals surface area contributed by atoms with Crippen molar-refractivity contribution in [2.24, 2.45) is 0 Å².